The summed E-state index contributed by atoms with van der Waals surface area (Å²) < 4.78 is 13.1. The zero-order valence-corrected chi connectivity index (χ0v) is 20.2. The van der Waals surface area contributed by atoms with Crippen LogP contribution in [0.1, 0.15) is 62.8 Å². The molecule has 188 valence electrons. The van der Waals surface area contributed by atoms with Gasteiger partial charge in [-0.1, -0.05) is 5.16 Å². The van der Waals surface area contributed by atoms with Crippen LogP contribution in [0.2, 0.25) is 0 Å². The van der Waals surface area contributed by atoms with Crippen LogP contribution in [0.15, 0.2) is 23.2 Å². The lowest BCUT2D eigenvalue weighted by Gasteiger charge is -2.06. The van der Waals surface area contributed by atoms with Gasteiger partial charge in [0.1, 0.15) is 23.5 Å². The lowest BCUT2D eigenvalue weighted by Crippen LogP contribution is -2.04. The van der Waals surface area contributed by atoms with Crippen molar-refractivity contribution in [2.45, 2.75) is 57.9 Å². The Hall–Kier alpha value is -3.93. The normalized spacial score (nSPS) is 13.6. The Morgan fingerprint density at radius 2 is 1.97 bits per heavy atom. The lowest BCUT2D eigenvalue weighted by molar-refractivity contribution is -0.137. The molecule has 1 aliphatic rings. The molecule has 0 aliphatic heterocycles. The van der Waals surface area contributed by atoms with E-state index < -0.39 is 5.97 Å². The SMILES string of the molecule is CC(C)n1nc(-c2noc(C3CC3)c2-c2ncc(CCOCCCC(=O)O)cn2)c2c(N)ncnc21. The molecule has 0 saturated heterocycles. The highest BCUT2D eigenvalue weighted by Crippen LogP contribution is 2.47. The second-order valence-electron chi connectivity index (χ2n) is 9.16. The summed E-state index contributed by atoms with van der Waals surface area (Å²) >= 11 is 0. The fourth-order valence-corrected chi connectivity index (χ4v) is 4.06. The van der Waals surface area contributed by atoms with Crippen LogP contribution in [0.4, 0.5) is 5.82 Å². The Kier molecular flexibility index (Phi) is 6.59. The van der Waals surface area contributed by atoms with Crippen molar-refractivity contribution in [2.24, 2.45) is 0 Å². The molecular formula is C24H28N8O4. The molecule has 12 nitrogen and oxygen atoms in total. The van der Waals surface area contributed by atoms with E-state index in [9.17, 15) is 4.79 Å². The van der Waals surface area contributed by atoms with Crippen molar-refractivity contribution in [1.29, 1.82) is 0 Å². The zero-order valence-electron chi connectivity index (χ0n) is 20.2. The maximum Gasteiger partial charge on any atom is 0.303 e. The number of nitrogens with zero attached hydrogens (tertiary/aromatic N) is 7. The summed E-state index contributed by atoms with van der Waals surface area (Å²) in [4.78, 5) is 28.4. The molecule has 4 aromatic rings. The number of carbonyl (C=O) groups is 1. The van der Waals surface area contributed by atoms with Crippen LogP contribution in [0.5, 0.6) is 0 Å². The van der Waals surface area contributed by atoms with E-state index in [4.69, 9.17) is 25.2 Å². The summed E-state index contributed by atoms with van der Waals surface area (Å²) in [5, 5.41) is 18.5. The van der Waals surface area contributed by atoms with Gasteiger partial charge in [-0.25, -0.2) is 24.6 Å². The molecule has 0 spiro atoms. The van der Waals surface area contributed by atoms with Gasteiger partial charge in [0.25, 0.3) is 0 Å². The highest BCUT2D eigenvalue weighted by atomic mass is 16.5. The van der Waals surface area contributed by atoms with Gasteiger partial charge in [0, 0.05) is 37.4 Å². The monoisotopic (exact) mass is 492 g/mol. The predicted octanol–water partition coefficient (Wildman–Crippen LogP) is 3.40. The van der Waals surface area contributed by atoms with E-state index in [0.717, 1.165) is 24.2 Å². The van der Waals surface area contributed by atoms with Crippen molar-refractivity contribution in [3.8, 4) is 22.8 Å². The van der Waals surface area contributed by atoms with Gasteiger partial charge < -0.3 is 20.1 Å². The maximum atomic E-state index is 10.6. The van der Waals surface area contributed by atoms with Gasteiger partial charge in [0.05, 0.1) is 17.6 Å². The summed E-state index contributed by atoms with van der Waals surface area (Å²) in [6, 6.07) is 0.0516. The second-order valence-corrected chi connectivity index (χ2v) is 9.16. The number of carboxylic acids is 1. The topological polar surface area (TPSA) is 168 Å². The first-order valence-corrected chi connectivity index (χ1v) is 12.0. The molecule has 36 heavy (non-hydrogen) atoms. The van der Waals surface area contributed by atoms with E-state index in [1.165, 1.54) is 6.33 Å². The number of aliphatic carboxylic acids is 1. The van der Waals surface area contributed by atoms with Gasteiger partial charge in [-0.05, 0) is 45.1 Å². The van der Waals surface area contributed by atoms with Crippen molar-refractivity contribution in [3.63, 3.8) is 0 Å². The van der Waals surface area contributed by atoms with Crippen LogP contribution in [0.3, 0.4) is 0 Å². The molecule has 0 atom stereocenters. The van der Waals surface area contributed by atoms with Crippen molar-refractivity contribution >= 4 is 22.8 Å². The Morgan fingerprint density at radius 1 is 1.19 bits per heavy atom. The molecule has 0 radical (unpaired) electrons. The number of hydrogen-bond acceptors (Lipinski definition) is 10. The van der Waals surface area contributed by atoms with E-state index in [1.54, 1.807) is 17.1 Å². The number of fused-ring (bicyclic) bond motifs is 1. The average Bonchev–Trinajstić information content (AvgIpc) is 3.48. The molecule has 0 bridgehead atoms. The number of carboxylic acid groups (broad SMARTS) is 1. The molecule has 0 amide bonds. The minimum atomic E-state index is -0.819. The Bertz CT molecular complexity index is 1380. The van der Waals surface area contributed by atoms with Crippen LogP contribution in [-0.4, -0.2) is 59.2 Å². The number of anilines is 1. The molecule has 0 unspecified atom stereocenters. The molecule has 1 fully saturated rings. The fraction of sp³-hybridized carbons (Fsp3) is 0.458. The highest BCUT2D eigenvalue weighted by Gasteiger charge is 2.36. The minimum absolute atomic E-state index is 0.0516. The third-order valence-corrected chi connectivity index (χ3v) is 6.04. The molecule has 4 aromatic heterocycles. The third-order valence-electron chi connectivity index (χ3n) is 6.04. The summed E-state index contributed by atoms with van der Waals surface area (Å²) in [5.74, 6) is 1.03. The van der Waals surface area contributed by atoms with Gasteiger partial charge in [-0.3, -0.25) is 4.79 Å². The number of nitrogen functional groups attached to an aromatic ring is 1. The molecule has 5 rings (SSSR count). The van der Waals surface area contributed by atoms with Gasteiger partial charge >= 0.3 is 5.97 Å². The van der Waals surface area contributed by atoms with Crippen molar-refractivity contribution in [3.05, 3.63) is 30.0 Å². The quantitative estimate of drug-likeness (QED) is 0.294. The summed E-state index contributed by atoms with van der Waals surface area (Å²) in [5.41, 5.74) is 9.58. The number of hydrogen-bond donors (Lipinski definition) is 2. The van der Waals surface area contributed by atoms with E-state index in [1.807, 2.05) is 13.8 Å². The number of aromatic nitrogens is 7. The molecule has 4 heterocycles. The van der Waals surface area contributed by atoms with Crippen LogP contribution in [-0.2, 0) is 16.0 Å². The largest absolute Gasteiger partial charge is 0.481 e. The Morgan fingerprint density at radius 3 is 2.67 bits per heavy atom. The summed E-state index contributed by atoms with van der Waals surface area (Å²) in [7, 11) is 0. The first-order chi connectivity index (χ1) is 17.4. The van der Waals surface area contributed by atoms with Gasteiger partial charge in [-0.2, -0.15) is 5.10 Å². The molecule has 3 N–H and O–H groups in total. The maximum absolute atomic E-state index is 10.6. The van der Waals surface area contributed by atoms with E-state index >= 15 is 0 Å². The van der Waals surface area contributed by atoms with Crippen molar-refractivity contribution in [1.82, 2.24) is 34.9 Å². The van der Waals surface area contributed by atoms with Crippen LogP contribution < -0.4 is 5.73 Å². The Labute approximate surface area is 206 Å². The van der Waals surface area contributed by atoms with Gasteiger partial charge in [0.15, 0.2) is 17.2 Å². The Balaban J connectivity index is 1.44. The van der Waals surface area contributed by atoms with Gasteiger partial charge in [0.2, 0.25) is 0 Å². The first kappa shape index (κ1) is 23.8. The molecule has 12 heteroatoms. The predicted molar refractivity (Wildman–Crippen MR) is 130 cm³/mol. The lowest BCUT2D eigenvalue weighted by atomic mass is 10.1. The van der Waals surface area contributed by atoms with E-state index in [-0.39, 0.29) is 18.4 Å². The minimum Gasteiger partial charge on any atom is -0.481 e. The van der Waals surface area contributed by atoms with Crippen molar-refractivity contribution in [2.75, 3.05) is 18.9 Å². The van der Waals surface area contributed by atoms with Crippen molar-refractivity contribution < 1.29 is 19.2 Å². The van der Waals surface area contributed by atoms with Crippen LogP contribution in [0.25, 0.3) is 33.8 Å². The molecule has 1 aliphatic carbocycles. The standard InChI is InChI=1S/C24H28N8O4/c1-13(2)32-24-18(22(25)28-12-29-24)19(30-32)20-17(21(36-31-20)15-5-6-15)23-26-10-14(11-27-23)7-9-35-8-3-4-16(33)34/h10-13,15H,3-9H2,1-2H3,(H,33,34)(H2,25,28,29). The zero-order chi connectivity index (χ0) is 25.2. The molecule has 0 aromatic carbocycles. The molecule has 1 saturated carbocycles. The van der Waals surface area contributed by atoms with Crippen LogP contribution >= 0.6 is 0 Å². The number of nitrogens with two attached hydrogens (primary N) is 1. The fourth-order valence-electron chi connectivity index (χ4n) is 4.06. The average molecular weight is 493 g/mol. The second kappa shape index (κ2) is 9.97. The number of rotatable bonds is 11. The highest BCUT2D eigenvalue weighted by molar-refractivity contribution is 6.00. The van der Waals surface area contributed by atoms with E-state index in [0.29, 0.717) is 65.7 Å². The summed E-state index contributed by atoms with van der Waals surface area (Å²) in [6.45, 7) is 4.91. The molecular weight excluding hydrogens is 464 g/mol. The van der Waals surface area contributed by atoms with Crippen LogP contribution in [0, 0.1) is 0 Å². The summed E-state index contributed by atoms with van der Waals surface area (Å²) in [6.07, 6.45) is 8.20. The third kappa shape index (κ3) is 4.76. The van der Waals surface area contributed by atoms with Gasteiger partial charge in [-0.15, -0.1) is 0 Å². The first-order valence-electron chi connectivity index (χ1n) is 12.0. The number of ether oxygens (including phenoxy) is 1. The smallest absolute Gasteiger partial charge is 0.303 e. The van der Waals surface area contributed by atoms with E-state index in [2.05, 4.69) is 25.1 Å².